The van der Waals surface area contributed by atoms with E-state index < -0.39 is 0 Å². The van der Waals surface area contributed by atoms with Crippen LogP contribution in [-0.2, 0) is 0 Å². The van der Waals surface area contributed by atoms with E-state index in [2.05, 4.69) is 55.6 Å². The number of likely N-dealkylation sites (N-methyl/N-ethyl adjacent to an activating group) is 1. The fourth-order valence-corrected chi connectivity index (χ4v) is 3.17. The zero-order valence-electron chi connectivity index (χ0n) is 10.7. The summed E-state index contributed by atoms with van der Waals surface area (Å²) in [6, 6.07) is 2.64. The quantitative estimate of drug-likeness (QED) is 0.874. The first-order chi connectivity index (χ1) is 8.52. The van der Waals surface area contributed by atoms with Gasteiger partial charge in [-0.15, -0.1) is 0 Å². The van der Waals surface area contributed by atoms with E-state index in [-0.39, 0.29) is 6.04 Å². The molecule has 2 heterocycles. The first-order valence-corrected chi connectivity index (χ1v) is 7.70. The van der Waals surface area contributed by atoms with Crippen LogP contribution in [0.2, 0.25) is 0 Å². The molecule has 1 fully saturated rings. The van der Waals surface area contributed by atoms with Crippen LogP contribution >= 0.6 is 31.9 Å². The van der Waals surface area contributed by atoms with Crippen molar-refractivity contribution < 1.29 is 4.42 Å². The molecule has 1 aromatic rings. The minimum atomic E-state index is 0.149. The van der Waals surface area contributed by atoms with Gasteiger partial charge in [-0.25, -0.2) is 0 Å². The summed E-state index contributed by atoms with van der Waals surface area (Å²) in [5.74, 6) is 0.924. The van der Waals surface area contributed by atoms with Crippen molar-refractivity contribution in [3.05, 3.63) is 21.0 Å². The van der Waals surface area contributed by atoms with E-state index in [1.165, 1.54) is 0 Å². The normalized spacial score (nSPS) is 24.4. The molecule has 0 spiro atoms. The Hall–Kier alpha value is 0.120. The molecule has 2 rings (SSSR count). The van der Waals surface area contributed by atoms with Crippen LogP contribution in [0.5, 0.6) is 0 Å². The largest absolute Gasteiger partial charge is 0.451 e. The Morgan fingerprint density at radius 2 is 2.22 bits per heavy atom. The average Bonchev–Trinajstić information content (AvgIpc) is 2.63. The molecule has 0 aliphatic carbocycles. The smallest absolute Gasteiger partial charge is 0.183 e. The summed E-state index contributed by atoms with van der Waals surface area (Å²) in [4.78, 5) is 4.78. The second kappa shape index (κ2) is 6.05. The Bertz CT molecular complexity index is 391. The van der Waals surface area contributed by atoms with Gasteiger partial charge in [-0.05, 0) is 51.9 Å². The van der Waals surface area contributed by atoms with E-state index in [4.69, 9.17) is 10.2 Å². The van der Waals surface area contributed by atoms with Gasteiger partial charge >= 0.3 is 0 Å². The van der Waals surface area contributed by atoms with Gasteiger partial charge in [0, 0.05) is 32.2 Å². The number of nitrogens with zero attached hydrogens (tertiary/aromatic N) is 2. The second-order valence-corrected chi connectivity index (χ2v) is 6.45. The molecular formula is C12H19Br2N3O. The molecule has 1 aliphatic heterocycles. The predicted molar refractivity (Wildman–Crippen MR) is 79.6 cm³/mol. The van der Waals surface area contributed by atoms with E-state index in [9.17, 15) is 0 Å². The standard InChI is InChI=1S/C12H19Br2N3O/c1-8-7-16(2)3-4-17(8)10(6-15)11-5-9(13)12(14)18-11/h5,8,10H,3-4,6-7,15H2,1-2H3. The lowest BCUT2D eigenvalue weighted by atomic mass is 10.1. The van der Waals surface area contributed by atoms with Crippen LogP contribution in [0.4, 0.5) is 0 Å². The average molecular weight is 381 g/mol. The van der Waals surface area contributed by atoms with Crippen molar-refractivity contribution in [1.82, 2.24) is 9.80 Å². The molecule has 102 valence electrons. The second-order valence-electron chi connectivity index (χ2n) is 4.87. The Labute approximate surface area is 125 Å². The molecule has 4 nitrogen and oxygen atoms in total. The third-order valence-electron chi connectivity index (χ3n) is 3.50. The van der Waals surface area contributed by atoms with Gasteiger partial charge in [-0.2, -0.15) is 0 Å². The van der Waals surface area contributed by atoms with Gasteiger partial charge in [-0.1, -0.05) is 0 Å². The van der Waals surface area contributed by atoms with Gasteiger partial charge in [-0.3, -0.25) is 4.90 Å². The summed E-state index contributed by atoms with van der Waals surface area (Å²) >= 11 is 6.84. The van der Waals surface area contributed by atoms with Crippen molar-refractivity contribution in [2.75, 3.05) is 33.2 Å². The SMILES string of the molecule is CC1CN(C)CCN1C(CN)c1cc(Br)c(Br)o1. The Balaban J connectivity index is 2.18. The first kappa shape index (κ1) is 14.5. The van der Waals surface area contributed by atoms with E-state index in [0.29, 0.717) is 12.6 Å². The molecule has 0 radical (unpaired) electrons. The summed E-state index contributed by atoms with van der Waals surface area (Å²) < 4.78 is 7.41. The Morgan fingerprint density at radius 3 is 2.72 bits per heavy atom. The van der Waals surface area contributed by atoms with Gasteiger partial charge in [0.05, 0.1) is 10.5 Å². The van der Waals surface area contributed by atoms with Crippen LogP contribution in [0.25, 0.3) is 0 Å². The third kappa shape index (κ3) is 2.99. The van der Waals surface area contributed by atoms with E-state index in [1.54, 1.807) is 0 Å². The van der Waals surface area contributed by atoms with Crippen LogP contribution in [0.1, 0.15) is 18.7 Å². The highest BCUT2D eigenvalue weighted by Crippen LogP contribution is 2.33. The predicted octanol–water partition coefficient (Wildman–Crippen LogP) is 2.44. The third-order valence-corrected chi connectivity index (χ3v) is 5.21. The van der Waals surface area contributed by atoms with Crippen molar-refractivity contribution in [1.29, 1.82) is 0 Å². The summed E-state index contributed by atoms with van der Waals surface area (Å²) in [5.41, 5.74) is 5.95. The topological polar surface area (TPSA) is 45.6 Å². The Kier molecular flexibility index (Phi) is 4.88. The maximum atomic E-state index is 5.95. The minimum Gasteiger partial charge on any atom is -0.451 e. The molecule has 18 heavy (non-hydrogen) atoms. The van der Waals surface area contributed by atoms with Crippen LogP contribution < -0.4 is 5.73 Å². The van der Waals surface area contributed by atoms with Crippen molar-refractivity contribution in [3.8, 4) is 0 Å². The van der Waals surface area contributed by atoms with E-state index in [0.717, 1.165) is 34.5 Å². The molecule has 0 bridgehead atoms. The molecule has 6 heteroatoms. The van der Waals surface area contributed by atoms with Crippen LogP contribution in [-0.4, -0.2) is 49.1 Å². The Morgan fingerprint density at radius 1 is 1.50 bits per heavy atom. The van der Waals surface area contributed by atoms with Gasteiger partial charge in [0.25, 0.3) is 0 Å². The fourth-order valence-electron chi connectivity index (χ4n) is 2.56. The zero-order chi connectivity index (χ0) is 13.3. The number of hydrogen-bond donors (Lipinski definition) is 1. The van der Waals surface area contributed by atoms with Gasteiger partial charge in [0.1, 0.15) is 5.76 Å². The highest BCUT2D eigenvalue weighted by atomic mass is 79.9. The molecule has 2 atom stereocenters. The molecule has 0 amide bonds. The monoisotopic (exact) mass is 379 g/mol. The number of hydrogen-bond acceptors (Lipinski definition) is 4. The van der Waals surface area contributed by atoms with E-state index >= 15 is 0 Å². The minimum absolute atomic E-state index is 0.149. The number of piperazine rings is 1. The lowest BCUT2D eigenvalue weighted by Gasteiger charge is -2.41. The highest BCUT2D eigenvalue weighted by Gasteiger charge is 2.30. The maximum absolute atomic E-state index is 5.95. The number of nitrogens with two attached hydrogens (primary N) is 1. The van der Waals surface area contributed by atoms with Crippen LogP contribution in [0.15, 0.2) is 19.6 Å². The number of furan rings is 1. The zero-order valence-corrected chi connectivity index (χ0v) is 13.9. The summed E-state index contributed by atoms with van der Waals surface area (Å²) in [7, 11) is 2.16. The van der Waals surface area contributed by atoms with Crippen molar-refractivity contribution in [2.45, 2.75) is 19.0 Å². The van der Waals surface area contributed by atoms with Crippen molar-refractivity contribution in [3.63, 3.8) is 0 Å². The van der Waals surface area contributed by atoms with Gasteiger partial charge in [0.2, 0.25) is 0 Å². The lowest BCUT2D eigenvalue weighted by molar-refractivity contribution is 0.0548. The number of halogens is 2. The molecular weight excluding hydrogens is 362 g/mol. The van der Waals surface area contributed by atoms with Gasteiger partial charge < -0.3 is 15.1 Å². The maximum Gasteiger partial charge on any atom is 0.183 e. The van der Waals surface area contributed by atoms with Crippen LogP contribution in [0.3, 0.4) is 0 Å². The summed E-state index contributed by atoms with van der Waals surface area (Å²) in [6.45, 7) is 5.98. The van der Waals surface area contributed by atoms with Crippen molar-refractivity contribution in [2.24, 2.45) is 5.73 Å². The molecule has 2 unspecified atom stereocenters. The molecule has 1 aromatic heterocycles. The first-order valence-electron chi connectivity index (χ1n) is 6.12. The lowest BCUT2D eigenvalue weighted by Crippen LogP contribution is -2.52. The molecule has 0 saturated carbocycles. The number of rotatable bonds is 3. The van der Waals surface area contributed by atoms with Crippen molar-refractivity contribution >= 4 is 31.9 Å². The molecule has 2 N–H and O–H groups in total. The molecule has 1 aliphatic rings. The van der Waals surface area contributed by atoms with Gasteiger partial charge in [0.15, 0.2) is 4.67 Å². The molecule has 1 saturated heterocycles. The van der Waals surface area contributed by atoms with Crippen LogP contribution in [0, 0.1) is 0 Å². The molecule has 0 aromatic carbocycles. The van der Waals surface area contributed by atoms with E-state index in [1.807, 2.05) is 6.07 Å². The summed E-state index contributed by atoms with van der Waals surface area (Å²) in [5, 5.41) is 0. The fraction of sp³-hybridized carbons (Fsp3) is 0.667. The highest BCUT2D eigenvalue weighted by molar-refractivity contribution is 9.13. The summed E-state index contributed by atoms with van der Waals surface area (Å²) in [6.07, 6.45) is 0.